The number of amides is 8. The van der Waals surface area contributed by atoms with Crippen LogP contribution in [0.1, 0.15) is 48.9 Å². The zero-order valence-corrected chi connectivity index (χ0v) is 39.2. The molecule has 0 aliphatic rings. The molecule has 0 bridgehead atoms. The molecular weight excluding hydrogens is 901 g/mol. The van der Waals surface area contributed by atoms with E-state index in [1.807, 2.05) is 12.1 Å². The zero-order chi connectivity index (χ0) is 51.0. The monoisotopic (exact) mass is 964 g/mol. The second kappa shape index (κ2) is 28.5. The second-order valence-electron chi connectivity index (χ2n) is 16.8. The number of carbonyl (C=O) groups excluding carboxylic acids is 8. The molecule has 0 aromatic heterocycles. The number of rotatable bonds is 27. The zero-order valence-electron chi connectivity index (χ0n) is 39.2. The smallest absolute Gasteiger partial charge is 0.242 e. The summed E-state index contributed by atoms with van der Waals surface area (Å²) in [6.07, 6.45) is 1.52. The van der Waals surface area contributed by atoms with E-state index < -0.39 is 96.6 Å². The summed E-state index contributed by atoms with van der Waals surface area (Å²) in [6.45, 7) is 2.33. The van der Waals surface area contributed by atoms with Crippen LogP contribution >= 0.6 is 0 Å². The molecule has 6 atom stereocenters. The minimum Gasteiger partial charge on any atom is -0.508 e. The fourth-order valence-corrected chi connectivity index (χ4v) is 6.90. The largest absolute Gasteiger partial charge is 0.508 e. The van der Waals surface area contributed by atoms with Crippen LogP contribution in [0.15, 0.2) is 109 Å². The molecule has 4 aromatic rings. The first-order valence-corrected chi connectivity index (χ1v) is 22.9. The molecule has 20 nitrogen and oxygen atoms in total. The Morgan fingerprint density at radius 2 is 0.743 bits per heavy atom. The fourth-order valence-electron chi connectivity index (χ4n) is 6.90. The van der Waals surface area contributed by atoms with Gasteiger partial charge in [0.1, 0.15) is 35.7 Å². The van der Waals surface area contributed by atoms with Crippen LogP contribution in [0, 0.1) is 0 Å². The molecule has 0 aliphatic heterocycles. The van der Waals surface area contributed by atoms with Crippen molar-refractivity contribution in [3.05, 3.63) is 131 Å². The molecule has 374 valence electrons. The molecule has 0 unspecified atom stereocenters. The van der Waals surface area contributed by atoms with Crippen LogP contribution in [0.5, 0.6) is 11.5 Å². The van der Waals surface area contributed by atoms with Gasteiger partial charge in [0, 0.05) is 25.9 Å². The molecule has 0 radical (unpaired) electrons. The molecule has 70 heavy (non-hydrogen) atoms. The second-order valence-corrected chi connectivity index (χ2v) is 16.8. The summed E-state index contributed by atoms with van der Waals surface area (Å²) < 4.78 is 0. The van der Waals surface area contributed by atoms with Crippen LogP contribution in [-0.4, -0.2) is 120 Å². The minimum absolute atomic E-state index is 0.0730. The Morgan fingerprint density at radius 1 is 0.414 bits per heavy atom. The SMILES string of the molecule is C[C@@H](NC(=O)[C@@H](N)Cc1ccc(O)cc1)C(=O)NCC(=O)N[C@@H](Cc1ccccc1)C(=O)NCCCCNC(=O)[C@H](Cc1ccccc1)NC(=O)CNC(=O)[C@@H](C)NC(=O)[C@@H](N)Cc1ccc(O)cc1. The lowest BCUT2D eigenvalue weighted by atomic mass is 10.0. The Morgan fingerprint density at radius 3 is 1.09 bits per heavy atom. The molecule has 0 saturated heterocycles. The van der Waals surface area contributed by atoms with Crippen molar-refractivity contribution in [3.63, 3.8) is 0 Å². The molecule has 14 N–H and O–H groups in total. The predicted molar refractivity (Wildman–Crippen MR) is 260 cm³/mol. The number of aromatic hydroxyl groups is 2. The topological polar surface area (TPSA) is 325 Å². The molecule has 0 heterocycles. The maximum absolute atomic E-state index is 13.4. The first kappa shape index (κ1) is 54.8. The lowest BCUT2D eigenvalue weighted by molar-refractivity contribution is -0.131. The summed E-state index contributed by atoms with van der Waals surface area (Å²) >= 11 is 0. The van der Waals surface area contributed by atoms with Crippen LogP contribution in [-0.2, 0) is 64.0 Å². The molecule has 8 amide bonds. The van der Waals surface area contributed by atoms with Crippen molar-refractivity contribution in [2.45, 2.75) is 88.6 Å². The van der Waals surface area contributed by atoms with E-state index in [1.165, 1.54) is 38.1 Å². The standard InChI is InChI=1S/C50H64N10O10/c1-31(57-47(67)39(51)25-35-15-19-37(61)20-16-35)45(65)55-29-43(63)59-41(27-33-11-5-3-6-12-33)49(69)53-23-9-10-24-54-50(70)42(28-34-13-7-4-8-14-34)60-44(64)30-56-46(66)32(2)58-48(68)40(52)26-36-17-21-38(62)22-18-36/h3-8,11-22,31-32,39-42,61-62H,9-10,23-30,51-52H2,1-2H3,(H,53,69)(H,54,70)(H,55,65)(H,56,66)(H,57,67)(H,58,68)(H,59,63)(H,60,64)/t31-,32-,39+,40+,41+,42+/m1/s1. The maximum atomic E-state index is 13.4. The lowest BCUT2D eigenvalue weighted by Gasteiger charge is -2.21. The number of hydrogen-bond donors (Lipinski definition) is 12. The van der Waals surface area contributed by atoms with Gasteiger partial charge in [-0.2, -0.15) is 0 Å². The van der Waals surface area contributed by atoms with E-state index in [2.05, 4.69) is 42.5 Å². The highest BCUT2D eigenvalue weighted by Gasteiger charge is 2.26. The van der Waals surface area contributed by atoms with E-state index in [0.717, 1.165) is 11.1 Å². The number of hydrogen-bond acceptors (Lipinski definition) is 12. The Labute approximate surface area is 406 Å². The Kier molecular flexibility index (Phi) is 22.3. The van der Waals surface area contributed by atoms with Crippen molar-refractivity contribution in [2.75, 3.05) is 26.2 Å². The van der Waals surface area contributed by atoms with E-state index in [4.69, 9.17) is 11.5 Å². The summed E-state index contributed by atoms with van der Waals surface area (Å²) in [5.41, 5.74) is 15.0. The van der Waals surface area contributed by atoms with E-state index in [0.29, 0.717) is 24.0 Å². The number of carbonyl (C=O) groups is 8. The first-order valence-electron chi connectivity index (χ1n) is 22.9. The number of nitrogens with two attached hydrogens (primary N) is 2. The van der Waals surface area contributed by atoms with Gasteiger partial charge in [-0.3, -0.25) is 38.4 Å². The number of nitrogens with one attached hydrogen (secondary N) is 8. The van der Waals surface area contributed by atoms with E-state index in [9.17, 15) is 48.6 Å². The van der Waals surface area contributed by atoms with Crippen molar-refractivity contribution >= 4 is 47.3 Å². The molecule has 4 rings (SSSR count). The molecule has 0 fully saturated rings. The fraction of sp³-hybridized carbons (Fsp3) is 0.360. The van der Waals surface area contributed by atoms with Gasteiger partial charge >= 0.3 is 0 Å². The van der Waals surface area contributed by atoms with E-state index in [1.54, 1.807) is 72.8 Å². The highest BCUT2D eigenvalue weighted by molar-refractivity contribution is 5.94. The molecule has 0 aliphatic carbocycles. The highest BCUT2D eigenvalue weighted by atomic mass is 16.3. The van der Waals surface area contributed by atoms with Crippen molar-refractivity contribution in [2.24, 2.45) is 11.5 Å². The number of unbranched alkanes of at least 4 members (excludes halogenated alkanes) is 1. The highest BCUT2D eigenvalue weighted by Crippen LogP contribution is 2.13. The molecule has 0 saturated carbocycles. The lowest BCUT2D eigenvalue weighted by Crippen LogP contribution is -2.54. The van der Waals surface area contributed by atoms with Crippen LogP contribution < -0.4 is 54.0 Å². The predicted octanol–water partition coefficient (Wildman–Crippen LogP) is -0.753. The quantitative estimate of drug-likeness (QED) is 0.0329. The average Bonchev–Trinajstić information content (AvgIpc) is 3.34. The summed E-state index contributed by atoms with van der Waals surface area (Å²) in [5.74, 6) is -4.54. The molecular formula is C50H64N10O10. The van der Waals surface area contributed by atoms with Crippen LogP contribution in [0.25, 0.3) is 0 Å². The van der Waals surface area contributed by atoms with Gasteiger partial charge in [0.05, 0.1) is 25.2 Å². The molecule has 0 spiro atoms. The number of phenolic OH excluding ortho intramolecular Hbond substituents is 2. The third-order valence-corrected chi connectivity index (χ3v) is 10.9. The van der Waals surface area contributed by atoms with Crippen molar-refractivity contribution in [3.8, 4) is 11.5 Å². The van der Waals surface area contributed by atoms with Crippen LogP contribution in [0.3, 0.4) is 0 Å². The Hall–Kier alpha value is -7.84. The first-order chi connectivity index (χ1) is 33.5. The van der Waals surface area contributed by atoms with E-state index >= 15 is 0 Å². The molecule has 20 heteroatoms. The van der Waals surface area contributed by atoms with Gasteiger partial charge in [-0.25, -0.2) is 0 Å². The van der Waals surface area contributed by atoms with Crippen molar-refractivity contribution in [1.29, 1.82) is 0 Å². The van der Waals surface area contributed by atoms with Gasteiger partial charge in [-0.1, -0.05) is 84.9 Å². The van der Waals surface area contributed by atoms with Gasteiger partial charge in [-0.15, -0.1) is 0 Å². The van der Waals surface area contributed by atoms with Gasteiger partial charge in [-0.05, 0) is 86.1 Å². The minimum atomic E-state index is -1.03. The summed E-state index contributed by atoms with van der Waals surface area (Å²) in [4.78, 5) is 104. The average molecular weight is 965 g/mol. The summed E-state index contributed by atoms with van der Waals surface area (Å²) in [7, 11) is 0. The Balaban J connectivity index is 1.20. The number of benzene rings is 4. The van der Waals surface area contributed by atoms with Gasteiger partial charge in [0.2, 0.25) is 47.3 Å². The number of phenols is 2. The van der Waals surface area contributed by atoms with Crippen LogP contribution in [0.2, 0.25) is 0 Å². The van der Waals surface area contributed by atoms with Crippen LogP contribution in [0.4, 0.5) is 0 Å². The van der Waals surface area contributed by atoms with Gasteiger partial charge < -0.3 is 64.2 Å². The van der Waals surface area contributed by atoms with Crippen molar-refractivity contribution < 1.29 is 48.6 Å². The summed E-state index contributed by atoms with van der Waals surface area (Å²) in [5, 5.41) is 39.9. The summed E-state index contributed by atoms with van der Waals surface area (Å²) in [6, 6.07) is 24.5. The third-order valence-electron chi connectivity index (χ3n) is 10.9. The van der Waals surface area contributed by atoms with Gasteiger partial charge in [0.15, 0.2) is 0 Å². The molecule has 4 aromatic carbocycles. The van der Waals surface area contributed by atoms with Crippen molar-refractivity contribution in [1.82, 2.24) is 42.5 Å². The normalized spacial score (nSPS) is 13.4. The Bertz CT molecular complexity index is 2190. The van der Waals surface area contributed by atoms with E-state index in [-0.39, 0.29) is 50.3 Å². The van der Waals surface area contributed by atoms with Gasteiger partial charge in [0.25, 0.3) is 0 Å². The maximum Gasteiger partial charge on any atom is 0.242 e. The third kappa shape index (κ3) is 19.8.